The molecule has 0 aromatic rings. The highest BCUT2D eigenvalue weighted by Gasteiger charge is 2.18. The zero-order valence-electron chi connectivity index (χ0n) is 9.88. The molecule has 3 nitrogen and oxygen atoms in total. The summed E-state index contributed by atoms with van der Waals surface area (Å²) in [5.41, 5.74) is 1.04. The Morgan fingerprint density at radius 3 is 2.60 bits per heavy atom. The maximum atomic E-state index is 11.8. The molecule has 1 rings (SSSR count). The van der Waals surface area contributed by atoms with Crippen molar-refractivity contribution in [3.63, 3.8) is 0 Å². The number of likely N-dealkylation sites (N-methyl/N-ethyl adjacent to an activating group) is 1. The van der Waals surface area contributed by atoms with Gasteiger partial charge in [-0.25, -0.2) is 0 Å². The predicted octanol–water partition coefficient (Wildman–Crippen LogP) is 1.41. The molecule has 3 heteroatoms. The molecular formula is C12H22N2O. The summed E-state index contributed by atoms with van der Waals surface area (Å²) in [6.45, 7) is 8.57. The Hall–Kier alpha value is -0.830. The van der Waals surface area contributed by atoms with E-state index in [0.29, 0.717) is 18.9 Å². The van der Waals surface area contributed by atoms with Gasteiger partial charge in [0, 0.05) is 20.0 Å². The summed E-state index contributed by atoms with van der Waals surface area (Å²) in [4.78, 5) is 13.6. The van der Waals surface area contributed by atoms with Crippen molar-refractivity contribution in [3.05, 3.63) is 12.2 Å². The number of amides is 1. The maximum Gasteiger partial charge on any atom is 0.222 e. The minimum Gasteiger partial charge on any atom is -0.342 e. The number of hydrogen-bond acceptors (Lipinski definition) is 2. The lowest BCUT2D eigenvalue weighted by Crippen LogP contribution is -2.33. The molecule has 0 aromatic carbocycles. The van der Waals surface area contributed by atoms with Gasteiger partial charge in [-0.05, 0) is 38.8 Å². The lowest BCUT2D eigenvalue weighted by molar-refractivity contribution is -0.130. The van der Waals surface area contributed by atoms with Crippen molar-refractivity contribution in [2.24, 2.45) is 5.92 Å². The van der Waals surface area contributed by atoms with E-state index in [1.165, 1.54) is 0 Å². The molecule has 0 radical (unpaired) electrons. The lowest BCUT2D eigenvalue weighted by atomic mass is 9.94. The summed E-state index contributed by atoms with van der Waals surface area (Å²) in [6.07, 6.45) is 2.96. The molecule has 0 aliphatic carbocycles. The van der Waals surface area contributed by atoms with Crippen molar-refractivity contribution in [2.45, 2.75) is 26.2 Å². The van der Waals surface area contributed by atoms with Gasteiger partial charge in [0.05, 0.1) is 0 Å². The van der Waals surface area contributed by atoms with Crippen LogP contribution in [0.5, 0.6) is 0 Å². The minimum atomic E-state index is 0.255. The smallest absolute Gasteiger partial charge is 0.222 e. The van der Waals surface area contributed by atoms with Crippen LogP contribution in [-0.4, -0.2) is 37.5 Å². The topological polar surface area (TPSA) is 32.3 Å². The molecule has 1 N–H and O–H groups in total. The second-order valence-corrected chi connectivity index (χ2v) is 4.60. The third kappa shape index (κ3) is 4.47. The number of carbonyl (C=O) groups excluding carboxylic acids is 1. The SMILES string of the molecule is C=C(C)CN(C)C(=O)CC1CCNCC1. The number of rotatable bonds is 4. The van der Waals surface area contributed by atoms with Gasteiger partial charge in [-0.1, -0.05) is 12.2 Å². The van der Waals surface area contributed by atoms with Crippen LogP contribution in [0.4, 0.5) is 0 Å². The molecule has 0 saturated carbocycles. The fourth-order valence-electron chi connectivity index (χ4n) is 1.98. The average Bonchev–Trinajstić information content (AvgIpc) is 2.18. The quantitative estimate of drug-likeness (QED) is 0.712. The second kappa shape index (κ2) is 5.91. The fraction of sp³-hybridized carbons (Fsp3) is 0.750. The molecule has 0 spiro atoms. The zero-order valence-corrected chi connectivity index (χ0v) is 9.88. The Kier molecular flexibility index (Phi) is 4.82. The van der Waals surface area contributed by atoms with Crippen LogP contribution in [0.25, 0.3) is 0 Å². The summed E-state index contributed by atoms with van der Waals surface area (Å²) in [7, 11) is 1.86. The second-order valence-electron chi connectivity index (χ2n) is 4.60. The first kappa shape index (κ1) is 12.2. The highest BCUT2D eigenvalue weighted by atomic mass is 16.2. The molecule has 1 aliphatic heterocycles. The van der Waals surface area contributed by atoms with Crippen molar-refractivity contribution in [1.29, 1.82) is 0 Å². The number of carbonyl (C=O) groups is 1. The van der Waals surface area contributed by atoms with E-state index >= 15 is 0 Å². The first-order valence-corrected chi connectivity index (χ1v) is 5.68. The molecule has 1 aliphatic rings. The van der Waals surface area contributed by atoms with E-state index < -0.39 is 0 Å². The highest BCUT2D eigenvalue weighted by Crippen LogP contribution is 2.16. The van der Waals surface area contributed by atoms with E-state index in [1.807, 2.05) is 14.0 Å². The van der Waals surface area contributed by atoms with Crippen LogP contribution in [-0.2, 0) is 4.79 Å². The molecule has 86 valence electrons. The number of hydrogen-bond donors (Lipinski definition) is 1. The monoisotopic (exact) mass is 210 g/mol. The highest BCUT2D eigenvalue weighted by molar-refractivity contribution is 5.76. The van der Waals surface area contributed by atoms with E-state index in [0.717, 1.165) is 31.5 Å². The molecule has 1 saturated heterocycles. The van der Waals surface area contributed by atoms with Crippen LogP contribution < -0.4 is 5.32 Å². The summed E-state index contributed by atoms with van der Waals surface area (Å²) in [6, 6.07) is 0. The van der Waals surface area contributed by atoms with Gasteiger partial charge in [-0.15, -0.1) is 0 Å². The minimum absolute atomic E-state index is 0.255. The number of nitrogens with zero attached hydrogens (tertiary/aromatic N) is 1. The van der Waals surface area contributed by atoms with Gasteiger partial charge in [-0.3, -0.25) is 4.79 Å². The largest absolute Gasteiger partial charge is 0.342 e. The summed E-state index contributed by atoms with van der Waals surface area (Å²) >= 11 is 0. The van der Waals surface area contributed by atoms with Crippen molar-refractivity contribution >= 4 is 5.91 Å². The van der Waals surface area contributed by atoms with Gasteiger partial charge in [0.25, 0.3) is 0 Å². The van der Waals surface area contributed by atoms with Crippen LogP contribution in [0.15, 0.2) is 12.2 Å². The Labute approximate surface area is 92.5 Å². The molecule has 15 heavy (non-hydrogen) atoms. The molecule has 1 amide bonds. The molecular weight excluding hydrogens is 188 g/mol. The van der Waals surface area contributed by atoms with Crippen LogP contribution in [0.2, 0.25) is 0 Å². The van der Waals surface area contributed by atoms with Gasteiger partial charge < -0.3 is 10.2 Å². The van der Waals surface area contributed by atoms with Gasteiger partial charge >= 0.3 is 0 Å². The standard InChI is InChI=1S/C12H22N2O/c1-10(2)9-14(3)12(15)8-11-4-6-13-7-5-11/h11,13H,1,4-9H2,2-3H3. The third-order valence-electron chi connectivity index (χ3n) is 2.85. The van der Waals surface area contributed by atoms with Crippen LogP contribution in [0, 0.1) is 5.92 Å². The Morgan fingerprint density at radius 2 is 2.07 bits per heavy atom. The van der Waals surface area contributed by atoms with Gasteiger partial charge in [0.1, 0.15) is 0 Å². The van der Waals surface area contributed by atoms with Crippen LogP contribution in [0.3, 0.4) is 0 Å². The lowest BCUT2D eigenvalue weighted by Gasteiger charge is -2.25. The Bertz CT molecular complexity index is 232. The van der Waals surface area contributed by atoms with Crippen molar-refractivity contribution < 1.29 is 4.79 Å². The van der Waals surface area contributed by atoms with Crippen molar-refractivity contribution in [2.75, 3.05) is 26.7 Å². The summed E-state index contributed by atoms with van der Waals surface area (Å²) in [5, 5.41) is 3.31. The van der Waals surface area contributed by atoms with Gasteiger partial charge in [0.15, 0.2) is 0 Å². The Balaban J connectivity index is 2.30. The first-order valence-electron chi connectivity index (χ1n) is 5.68. The van der Waals surface area contributed by atoms with Crippen LogP contribution >= 0.6 is 0 Å². The summed E-state index contributed by atoms with van der Waals surface area (Å²) in [5.74, 6) is 0.830. The van der Waals surface area contributed by atoms with Crippen molar-refractivity contribution in [3.8, 4) is 0 Å². The predicted molar refractivity (Wildman–Crippen MR) is 62.7 cm³/mol. The molecule has 0 atom stereocenters. The van der Waals surface area contributed by atoms with Gasteiger partial charge in [-0.2, -0.15) is 0 Å². The summed E-state index contributed by atoms with van der Waals surface area (Å²) < 4.78 is 0. The maximum absolute atomic E-state index is 11.8. The van der Waals surface area contributed by atoms with E-state index in [2.05, 4.69) is 11.9 Å². The molecule has 0 unspecified atom stereocenters. The van der Waals surface area contributed by atoms with E-state index in [-0.39, 0.29) is 5.91 Å². The zero-order chi connectivity index (χ0) is 11.3. The molecule has 0 bridgehead atoms. The van der Waals surface area contributed by atoms with E-state index in [4.69, 9.17) is 0 Å². The molecule has 1 fully saturated rings. The van der Waals surface area contributed by atoms with Crippen LogP contribution in [0.1, 0.15) is 26.2 Å². The Morgan fingerprint density at radius 1 is 1.47 bits per heavy atom. The van der Waals surface area contributed by atoms with Crippen molar-refractivity contribution in [1.82, 2.24) is 10.2 Å². The first-order chi connectivity index (χ1) is 7.09. The third-order valence-corrected chi connectivity index (χ3v) is 2.85. The van der Waals surface area contributed by atoms with E-state index in [1.54, 1.807) is 4.90 Å². The number of piperidine rings is 1. The molecule has 1 heterocycles. The van der Waals surface area contributed by atoms with Gasteiger partial charge in [0.2, 0.25) is 5.91 Å². The normalized spacial score (nSPS) is 17.5. The van der Waals surface area contributed by atoms with E-state index in [9.17, 15) is 4.79 Å². The average molecular weight is 210 g/mol. The molecule has 0 aromatic heterocycles. The number of nitrogens with one attached hydrogen (secondary N) is 1. The fourth-order valence-corrected chi connectivity index (χ4v) is 1.98.